The third kappa shape index (κ3) is 16.2. The molecule has 1 heterocycles. The summed E-state index contributed by atoms with van der Waals surface area (Å²) in [7, 11) is -5.04. The second-order valence-electron chi connectivity index (χ2n) is 23.4. The minimum absolute atomic E-state index is 0.00404. The normalized spacial score (nSPS) is 18.5. The maximum atomic E-state index is 13.7. The number of thioether (sulfide) groups is 1. The molecule has 1 aliphatic heterocycles. The Morgan fingerprint density at radius 1 is 0.803 bits per heavy atom. The van der Waals surface area contributed by atoms with E-state index in [1.54, 1.807) is 24.9 Å². The van der Waals surface area contributed by atoms with Gasteiger partial charge in [-0.3, -0.25) is 4.79 Å². The molecule has 0 aromatic heterocycles. The van der Waals surface area contributed by atoms with Gasteiger partial charge < -0.3 is 32.5 Å². The number of halogens is 1. The number of esters is 1. The molecule has 6 atom stereocenters. The summed E-state index contributed by atoms with van der Waals surface area (Å²) < 4.78 is 46.3. The van der Waals surface area contributed by atoms with Gasteiger partial charge in [0.15, 0.2) is 20.9 Å². The van der Waals surface area contributed by atoms with E-state index in [2.05, 4.69) is 173 Å². The second-order valence-corrected chi connectivity index (χ2v) is 39.8. The molecular weight excluding hydrogens is 976 g/mol. The predicted octanol–water partition coefficient (Wildman–Crippen LogP) is 14.4. The van der Waals surface area contributed by atoms with Crippen molar-refractivity contribution in [1.82, 2.24) is 0 Å². The molecule has 4 aromatic carbocycles. The lowest BCUT2D eigenvalue weighted by atomic mass is 9.95. The van der Waals surface area contributed by atoms with Crippen molar-refractivity contribution in [3.63, 3.8) is 0 Å². The fraction of sp³-hybridized carbons (Fsp3) is 0.534. The molecule has 4 aromatic rings. The van der Waals surface area contributed by atoms with E-state index in [0.717, 1.165) is 22.1 Å². The summed E-state index contributed by atoms with van der Waals surface area (Å²) in [4.78, 5) is 14.8. The van der Waals surface area contributed by atoms with E-state index in [9.17, 15) is 4.79 Å². The van der Waals surface area contributed by atoms with Crippen LogP contribution in [0.2, 0.25) is 53.9 Å². The van der Waals surface area contributed by atoms with Crippen LogP contribution in [0, 0.1) is 5.92 Å². The summed E-state index contributed by atoms with van der Waals surface area (Å²) in [5, 5.41) is 2.64. The molecule has 0 spiro atoms. The van der Waals surface area contributed by atoms with E-state index in [-0.39, 0.29) is 52.6 Å². The van der Waals surface area contributed by atoms with Crippen LogP contribution in [0.15, 0.2) is 120 Å². The molecular formula is C58H85ClO8SSi3. The number of ether oxygens (including phenoxy) is 5. The first-order chi connectivity index (χ1) is 33.2. The molecule has 0 saturated carbocycles. The summed E-state index contributed by atoms with van der Waals surface area (Å²) in [6.45, 7) is 34.1. The Balaban J connectivity index is 1.52. The van der Waals surface area contributed by atoms with Crippen molar-refractivity contribution in [2.24, 2.45) is 5.92 Å². The highest BCUT2D eigenvalue weighted by molar-refractivity contribution is 7.99. The zero-order valence-electron chi connectivity index (χ0n) is 45.7. The minimum Gasteiger partial charge on any atom is -0.467 e. The average Bonchev–Trinajstić information content (AvgIpc) is 3.61. The molecule has 8 nitrogen and oxygen atoms in total. The van der Waals surface area contributed by atoms with Gasteiger partial charge >= 0.3 is 5.97 Å². The first-order valence-electron chi connectivity index (χ1n) is 25.5. The average molecular weight is 1060 g/mol. The van der Waals surface area contributed by atoms with Crippen LogP contribution in [-0.4, -0.2) is 81.4 Å². The van der Waals surface area contributed by atoms with Crippen molar-refractivity contribution in [3.8, 4) is 5.75 Å². The minimum atomic E-state index is -2.82. The Kier molecular flexibility index (Phi) is 20.7. The molecule has 0 aliphatic carbocycles. The maximum Gasteiger partial charge on any atom is 0.310 e. The first-order valence-corrected chi connectivity index (χ1v) is 35.3. The van der Waals surface area contributed by atoms with Crippen LogP contribution < -0.4 is 15.1 Å². The lowest BCUT2D eigenvalue weighted by molar-refractivity contribution is -0.152. The second kappa shape index (κ2) is 25.0. The van der Waals surface area contributed by atoms with E-state index < -0.39 is 42.7 Å². The number of benzene rings is 4. The summed E-state index contributed by atoms with van der Waals surface area (Å²) >= 11 is 8.67. The quantitative estimate of drug-likeness (QED) is 0.0224. The number of carbonyl (C=O) groups excluding carboxylic acids is 1. The summed E-state index contributed by atoms with van der Waals surface area (Å²) in [5.41, 5.74) is 1.65. The molecule has 2 unspecified atom stereocenters. The van der Waals surface area contributed by atoms with Gasteiger partial charge in [0.1, 0.15) is 11.9 Å². The Labute approximate surface area is 440 Å². The SMILES string of the molecule is COCOc1cc(Cl)cc(C(CC[C@@H]2OC(C)(C)O[C@@H]2C(C=C[C@@H](C)[C@@H](C)O[Si](c2ccccc2)(c2ccccc2)C(C)(C)C)O[Si](C)(C)C(C)(C)C)Sc2ccccc2)c1CC(=O)OCC[Si](C)(C)C. The fourth-order valence-corrected chi connectivity index (χ4v) is 17.1. The van der Waals surface area contributed by atoms with Crippen LogP contribution in [0.1, 0.15) is 98.5 Å². The molecule has 1 fully saturated rings. The van der Waals surface area contributed by atoms with Crippen molar-refractivity contribution in [1.29, 1.82) is 0 Å². The molecule has 13 heteroatoms. The highest BCUT2D eigenvalue weighted by atomic mass is 35.5. The van der Waals surface area contributed by atoms with Crippen LogP contribution >= 0.6 is 23.4 Å². The summed E-state index contributed by atoms with van der Waals surface area (Å²) in [5.74, 6) is -0.636. The van der Waals surface area contributed by atoms with Gasteiger partial charge in [0.2, 0.25) is 0 Å². The van der Waals surface area contributed by atoms with Crippen molar-refractivity contribution in [3.05, 3.63) is 131 Å². The Hall–Kier alpha value is -3.02. The predicted molar refractivity (Wildman–Crippen MR) is 303 cm³/mol. The van der Waals surface area contributed by atoms with Crippen molar-refractivity contribution in [2.75, 3.05) is 20.5 Å². The van der Waals surface area contributed by atoms with Gasteiger partial charge in [-0.05, 0) is 109 Å². The number of hydrogen-bond acceptors (Lipinski definition) is 9. The Morgan fingerprint density at radius 3 is 1.92 bits per heavy atom. The van der Waals surface area contributed by atoms with E-state index in [4.69, 9.17) is 44.1 Å². The lowest BCUT2D eigenvalue weighted by Gasteiger charge is -2.45. The van der Waals surface area contributed by atoms with E-state index in [1.807, 2.05) is 38.1 Å². The van der Waals surface area contributed by atoms with Crippen LogP contribution in [0.25, 0.3) is 0 Å². The van der Waals surface area contributed by atoms with Gasteiger partial charge in [-0.15, -0.1) is 11.8 Å². The van der Waals surface area contributed by atoms with Gasteiger partial charge in [-0.2, -0.15) is 0 Å². The molecule has 0 bridgehead atoms. The largest absolute Gasteiger partial charge is 0.467 e. The summed E-state index contributed by atoms with van der Waals surface area (Å²) in [6, 6.07) is 36.6. The maximum absolute atomic E-state index is 13.7. The van der Waals surface area contributed by atoms with Gasteiger partial charge in [0, 0.05) is 42.0 Å². The van der Waals surface area contributed by atoms with Gasteiger partial charge in [-0.25, -0.2) is 0 Å². The van der Waals surface area contributed by atoms with Gasteiger partial charge in [0.05, 0.1) is 25.2 Å². The first kappa shape index (κ1) is 58.9. The van der Waals surface area contributed by atoms with Gasteiger partial charge in [0.25, 0.3) is 8.32 Å². The smallest absolute Gasteiger partial charge is 0.310 e. The van der Waals surface area contributed by atoms with E-state index in [0.29, 0.717) is 30.2 Å². The third-order valence-electron chi connectivity index (χ3n) is 14.0. The standard InChI is InChI=1S/C58H85ClO8SSi3/c1-42(43(2)66-71(57(6,7)8,46-28-22-18-23-29-46)47-30-24-19-25-31-47)32-33-51(67-70(15,16)56(3,4)5)55-50(64-58(9,10)65-55)34-35-53(68-45-26-20-17-21-27-45)49-38-44(59)39-52(63-41-61-11)48(49)40-54(60)62-36-37-69(12,13)14/h17-33,38-39,42-43,50-51,53,55H,34-37,40-41H2,1-16H3/t42-,43-,50+,51?,53?,55+/m1/s1. The molecule has 1 saturated heterocycles. The van der Waals surface area contributed by atoms with Crippen molar-refractivity contribution in [2.45, 2.75) is 178 Å². The topological polar surface area (TPSA) is 81.7 Å². The number of rotatable bonds is 24. The number of methoxy groups -OCH3 is 1. The van der Waals surface area contributed by atoms with Crippen molar-refractivity contribution >= 4 is 64.4 Å². The highest BCUT2D eigenvalue weighted by Crippen LogP contribution is 2.47. The van der Waals surface area contributed by atoms with E-state index in [1.165, 1.54) is 10.4 Å². The molecule has 0 radical (unpaired) electrons. The van der Waals surface area contributed by atoms with Crippen LogP contribution in [0.5, 0.6) is 5.75 Å². The molecule has 0 N–H and O–H groups in total. The van der Waals surface area contributed by atoms with Crippen LogP contribution in [0.4, 0.5) is 0 Å². The molecule has 1 aliphatic rings. The Bertz CT molecular complexity index is 2270. The molecule has 0 amide bonds. The van der Waals surface area contributed by atoms with Gasteiger partial charge in [-0.1, -0.05) is 171 Å². The number of carbonyl (C=O) groups is 1. The third-order valence-corrected chi connectivity index (χ3v) is 26.8. The number of hydrogen-bond donors (Lipinski definition) is 0. The van der Waals surface area contributed by atoms with Crippen LogP contribution in [0.3, 0.4) is 0 Å². The monoisotopic (exact) mass is 1060 g/mol. The Morgan fingerprint density at radius 2 is 1.38 bits per heavy atom. The zero-order valence-corrected chi connectivity index (χ0v) is 50.3. The van der Waals surface area contributed by atoms with Crippen molar-refractivity contribution < 1.29 is 37.3 Å². The molecule has 390 valence electrons. The fourth-order valence-electron chi connectivity index (χ4n) is 8.90. The molecule has 71 heavy (non-hydrogen) atoms. The van der Waals surface area contributed by atoms with E-state index >= 15 is 0 Å². The van der Waals surface area contributed by atoms with Crippen LogP contribution in [-0.2, 0) is 39.0 Å². The summed E-state index contributed by atoms with van der Waals surface area (Å²) in [6.07, 6.45) is 4.56. The lowest BCUT2D eigenvalue weighted by Crippen LogP contribution is -2.67. The highest BCUT2D eigenvalue weighted by Gasteiger charge is 2.52. The molecule has 5 rings (SSSR count). The zero-order chi connectivity index (χ0) is 52.4.